The third-order valence-electron chi connectivity index (χ3n) is 5.91. The molecule has 0 aromatic heterocycles. The molecule has 0 bridgehead atoms. The third-order valence-corrected chi connectivity index (χ3v) is 5.91. The van der Waals surface area contributed by atoms with Gasteiger partial charge in [-0.1, -0.05) is 13.8 Å². The van der Waals surface area contributed by atoms with Crippen LogP contribution >= 0.6 is 0 Å². The van der Waals surface area contributed by atoms with Gasteiger partial charge in [-0.3, -0.25) is 0 Å². The van der Waals surface area contributed by atoms with Gasteiger partial charge in [0.1, 0.15) is 0 Å². The maximum Gasteiger partial charge on any atom is 0.0620 e. The van der Waals surface area contributed by atoms with Gasteiger partial charge in [0.25, 0.3) is 0 Å². The zero-order valence-electron chi connectivity index (χ0n) is 11.8. The number of fused-ring (bicyclic) bond motifs is 1. The minimum atomic E-state index is -0.577. The van der Waals surface area contributed by atoms with E-state index < -0.39 is 5.60 Å². The Morgan fingerprint density at radius 2 is 1.59 bits per heavy atom. The highest BCUT2D eigenvalue weighted by atomic mass is 16.3. The Labute approximate surface area is 105 Å². The molecule has 0 aromatic rings. The number of aliphatic hydroxyl groups excluding tert-OH is 1. The molecule has 17 heavy (non-hydrogen) atoms. The van der Waals surface area contributed by atoms with Gasteiger partial charge < -0.3 is 10.2 Å². The summed E-state index contributed by atoms with van der Waals surface area (Å²) in [7, 11) is 0. The van der Waals surface area contributed by atoms with E-state index in [4.69, 9.17) is 0 Å². The van der Waals surface area contributed by atoms with E-state index in [1.807, 2.05) is 13.8 Å². The molecule has 0 aliphatic heterocycles. The Morgan fingerprint density at radius 3 is 2.18 bits per heavy atom. The minimum Gasteiger partial charge on any atom is -0.393 e. The molecule has 0 amide bonds. The molecular weight excluding hydrogens is 212 g/mol. The summed E-state index contributed by atoms with van der Waals surface area (Å²) in [4.78, 5) is 0. The molecule has 100 valence electrons. The van der Waals surface area contributed by atoms with Crippen molar-refractivity contribution < 1.29 is 10.2 Å². The van der Waals surface area contributed by atoms with Crippen LogP contribution in [-0.4, -0.2) is 21.9 Å². The lowest BCUT2D eigenvalue weighted by Gasteiger charge is -2.58. The van der Waals surface area contributed by atoms with Crippen molar-refractivity contribution in [2.24, 2.45) is 16.7 Å². The fraction of sp³-hybridized carbons (Fsp3) is 1.00. The van der Waals surface area contributed by atoms with Crippen LogP contribution in [0.4, 0.5) is 0 Å². The van der Waals surface area contributed by atoms with E-state index in [2.05, 4.69) is 13.8 Å². The van der Waals surface area contributed by atoms with Gasteiger partial charge in [0, 0.05) is 0 Å². The zero-order chi connectivity index (χ0) is 12.9. The number of rotatable bonds is 1. The highest BCUT2D eigenvalue weighted by Crippen LogP contribution is 2.60. The fourth-order valence-corrected chi connectivity index (χ4v) is 4.15. The van der Waals surface area contributed by atoms with Gasteiger partial charge in [-0.25, -0.2) is 0 Å². The molecule has 2 rings (SSSR count). The number of aliphatic hydroxyl groups is 2. The normalized spacial score (nSPS) is 47.6. The van der Waals surface area contributed by atoms with Gasteiger partial charge in [0.15, 0.2) is 0 Å². The van der Waals surface area contributed by atoms with Crippen LogP contribution in [0, 0.1) is 16.7 Å². The van der Waals surface area contributed by atoms with Crippen molar-refractivity contribution in [3.05, 3.63) is 0 Å². The van der Waals surface area contributed by atoms with E-state index in [-0.39, 0.29) is 11.5 Å². The molecule has 2 saturated carbocycles. The van der Waals surface area contributed by atoms with Crippen LogP contribution in [0.1, 0.15) is 66.2 Å². The van der Waals surface area contributed by atoms with Crippen molar-refractivity contribution in [3.8, 4) is 0 Å². The van der Waals surface area contributed by atoms with Gasteiger partial charge in [0.05, 0.1) is 11.7 Å². The van der Waals surface area contributed by atoms with E-state index in [0.717, 1.165) is 32.1 Å². The summed E-state index contributed by atoms with van der Waals surface area (Å²) >= 11 is 0. The summed E-state index contributed by atoms with van der Waals surface area (Å²) in [5, 5.41) is 20.2. The summed E-state index contributed by atoms with van der Waals surface area (Å²) in [6.45, 7) is 8.58. The molecule has 0 unspecified atom stereocenters. The van der Waals surface area contributed by atoms with Crippen LogP contribution < -0.4 is 0 Å². The molecule has 0 spiro atoms. The maximum absolute atomic E-state index is 10.2. The first-order chi connectivity index (χ1) is 7.66. The van der Waals surface area contributed by atoms with Crippen molar-refractivity contribution in [2.45, 2.75) is 77.9 Å². The van der Waals surface area contributed by atoms with Gasteiger partial charge in [0.2, 0.25) is 0 Å². The molecule has 0 heterocycles. The van der Waals surface area contributed by atoms with Gasteiger partial charge >= 0.3 is 0 Å². The molecule has 2 heteroatoms. The maximum atomic E-state index is 10.2. The van der Waals surface area contributed by atoms with Crippen LogP contribution in [0.15, 0.2) is 0 Å². The molecule has 0 aromatic carbocycles. The molecule has 4 atom stereocenters. The smallest absolute Gasteiger partial charge is 0.0620 e. The second kappa shape index (κ2) is 3.96. The topological polar surface area (TPSA) is 40.5 Å². The Hall–Kier alpha value is -0.0800. The first kappa shape index (κ1) is 13.4. The van der Waals surface area contributed by atoms with Crippen molar-refractivity contribution in [2.75, 3.05) is 0 Å². The summed E-state index contributed by atoms with van der Waals surface area (Å²) in [6.07, 6.45) is 6.27. The predicted octanol–water partition coefficient (Wildman–Crippen LogP) is 3.11. The fourth-order valence-electron chi connectivity index (χ4n) is 4.15. The van der Waals surface area contributed by atoms with Crippen LogP contribution in [-0.2, 0) is 0 Å². The average molecular weight is 240 g/mol. The zero-order valence-corrected chi connectivity index (χ0v) is 11.8. The number of hydrogen-bond acceptors (Lipinski definition) is 2. The molecular formula is C15H28O2. The summed E-state index contributed by atoms with van der Waals surface area (Å²) in [6, 6.07) is 0. The summed E-state index contributed by atoms with van der Waals surface area (Å²) in [5.74, 6) is 0.380. The Bertz CT molecular complexity index is 294. The molecule has 0 radical (unpaired) electrons. The van der Waals surface area contributed by atoms with Gasteiger partial charge in [-0.2, -0.15) is 0 Å². The van der Waals surface area contributed by atoms with Crippen LogP contribution in [0.5, 0.6) is 0 Å². The standard InChI is InChI=1S/C15H28O2/c1-13(2,17)11-5-7-14(3)8-6-12(16)10-15(14,4)9-11/h11-12,16-17H,5-10H2,1-4H3/t11-,12+,14+,15-/m1/s1. The molecule has 2 aliphatic carbocycles. The largest absolute Gasteiger partial charge is 0.393 e. The summed E-state index contributed by atoms with van der Waals surface area (Å²) < 4.78 is 0. The molecule has 0 saturated heterocycles. The average Bonchev–Trinajstić information content (AvgIpc) is 2.17. The Kier molecular flexibility index (Phi) is 3.11. The first-order valence-electron chi connectivity index (χ1n) is 7.07. The van der Waals surface area contributed by atoms with Gasteiger partial charge in [-0.05, 0) is 69.1 Å². The number of hydrogen-bond donors (Lipinski definition) is 2. The van der Waals surface area contributed by atoms with E-state index >= 15 is 0 Å². The summed E-state index contributed by atoms with van der Waals surface area (Å²) in [5.41, 5.74) is -0.00565. The van der Waals surface area contributed by atoms with Crippen LogP contribution in [0.2, 0.25) is 0 Å². The van der Waals surface area contributed by atoms with E-state index in [9.17, 15) is 10.2 Å². The minimum absolute atomic E-state index is 0.131. The van der Waals surface area contributed by atoms with Gasteiger partial charge in [-0.15, -0.1) is 0 Å². The molecule has 2 aliphatic rings. The Balaban J connectivity index is 2.20. The Morgan fingerprint density at radius 1 is 1.00 bits per heavy atom. The lowest BCUT2D eigenvalue weighted by atomic mass is 9.48. The van der Waals surface area contributed by atoms with Crippen LogP contribution in [0.3, 0.4) is 0 Å². The predicted molar refractivity (Wildman–Crippen MR) is 69.7 cm³/mol. The lowest BCUT2D eigenvalue weighted by Crippen LogP contribution is -2.51. The molecule has 2 nitrogen and oxygen atoms in total. The van der Waals surface area contributed by atoms with E-state index in [1.165, 1.54) is 6.42 Å². The monoisotopic (exact) mass is 240 g/mol. The first-order valence-corrected chi connectivity index (χ1v) is 7.07. The van der Waals surface area contributed by atoms with E-state index in [0.29, 0.717) is 11.3 Å². The van der Waals surface area contributed by atoms with Crippen molar-refractivity contribution >= 4 is 0 Å². The molecule has 2 N–H and O–H groups in total. The SMILES string of the molecule is CC(C)(O)[C@@H]1CC[C@@]2(C)CC[C@H](O)C[C@@]2(C)C1. The third kappa shape index (κ3) is 2.26. The quantitative estimate of drug-likeness (QED) is 0.739. The second-order valence-corrected chi connectivity index (χ2v) is 7.61. The van der Waals surface area contributed by atoms with Crippen molar-refractivity contribution in [1.82, 2.24) is 0 Å². The highest BCUT2D eigenvalue weighted by molar-refractivity contribution is 5.03. The highest BCUT2D eigenvalue weighted by Gasteiger charge is 2.53. The second-order valence-electron chi connectivity index (χ2n) is 7.61. The van der Waals surface area contributed by atoms with Crippen molar-refractivity contribution in [1.29, 1.82) is 0 Å². The lowest BCUT2D eigenvalue weighted by molar-refractivity contribution is -0.124. The molecule has 2 fully saturated rings. The van der Waals surface area contributed by atoms with Crippen molar-refractivity contribution in [3.63, 3.8) is 0 Å². The van der Waals surface area contributed by atoms with E-state index in [1.54, 1.807) is 0 Å². The van der Waals surface area contributed by atoms with Crippen LogP contribution in [0.25, 0.3) is 0 Å².